The monoisotopic (exact) mass is 302 g/mol. The van der Waals surface area contributed by atoms with Crippen molar-refractivity contribution in [1.82, 2.24) is 15.3 Å². The smallest absolute Gasteiger partial charge is 0.225 e. The quantitative estimate of drug-likeness (QED) is 0.942. The number of nitrogens with zero attached hydrogens (tertiary/aromatic N) is 3. The summed E-state index contributed by atoms with van der Waals surface area (Å²) in [5, 5.41) is 5.57. The van der Waals surface area contributed by atoms with Gasteiger partial charge < -0.3 is 10.2 Å². The summed E-state index contributed by atoms with van der Waals surface area (Å²) in [5.41, 5.74) is 2.56. The molecular weight excluding hydrogens is 280 g/mol. The van der Waals surface area contributed by atoms with Crippen LogP contribution in [0, 0.1) is 0 Å². The van der Waals surface area contributed by atoms with Crippen molar-refractivity contribution in [2.75, 3.05) is 11.4 Å². The Kier molecular flexibility index (Phi) is 4.22. The first-order valence-corrected chi connectivity index (χ1v) is 8.40. The molecule has 0 amide bonds. The van der Waals surface area contributed by atoms with E-state index in [1.165, 1.54) is 10.4 Å². The Hall–Kier alpha value is -1.46. The SMILES string of the molecule is CC(C)NCc1cnc(N2CCc3sccc3C2C)nc1. The van der Waals surface area contributed by atoms with E-state index in [-0.39, 0.29) is 0 Å². The highest BCUT2D eigenvalue weighted by atomic mass is 32.1. The van der Waals surface area contributed by atoms with Crippen LogP contribution in [0.25, 0.3) is 0 Å². The minimum absolute atomic E-state index is 0.361. The average molecular weight is 302 g/mol. The summed E-state index contributed by atoms with van der Waals surface area (Å²) in [6.07, 6.45) is 4.97. The second-order valence-corrected chi connectivity index (χ2v) is 6.85. The lowest BCUT2D eigenvalue weighted by Crippen LogP contribution is -2.34. The van der Waals surface area contributed by atoms with Gasteiger partial charge in [0.1, 0.15) is 0 Å². The molecule has 1 atom stereocenters. The van der Waals surface area contributed by atoms with E-state index < -0.39 is 0 Å². The molecule has 1 unspecified atom stereocenters. The van der Waals surface area contributed by atoms with E-state index in [0.717, 1.165) is 31.0 Å². The van der Waals surface area contributed by atoms with Crippen molar-refractivity contribution in [2.24, 2.45) is 0 Å². The summed E-state index contributed by atoms with van der Waals surface area (Å²) in [4.78, 5) is 12.9. The lowest BCUT2D eigenvalue weighted by molar-refractivity contribution is 0.584. The van der Waals surface area contributed by atoms with Crippen molar-refractivity contribution >= 4 is 17.3 Å². The Labute approximate surface area is 130 Å². The van der Waals surface area contributed by atoms with E-state index in [1.807, 2.05) is 23.7 Å². The first-order valence-electron chi connectivity index (χ1n) is 7.52. The number of hydrogen-bond acceptors (Lipinski definition) is 5. The normalized spacial score (nSPS) is 18.1. The topological polar surface area (TPSA) is 41.1 Å². The molecule has 4 nitrogen and oxygen atoms in total. The summed E-state index contributed by atoms with van der Waals surface area (Å²) in [6.45, 7) is 8.34. The lowest BCUT2D eigenvalue weighted by Gasteiger charge is -2.33. The Bertz CT molecular complexity index is 591. The molecule has 0 aliphatic carbocycles. The van der Waals surface area contributed by atoms with Crippen LogP contribution in [-0.4, -0.2) is 22.6 Å². The van der Waals surface area contributed by atoms with Crippen LogP contribution in [0.4, 0.5) is 5.95 Å². The van der Waals surface area contributed by atoms with Crippen LogP contribution < -0.4 is 10.2 Å². The van der Waals surface area contributed by atoms with Crippen molar-refractivity contribution in [3.63, 3.8) is 0 Å². The van der Waals surface area contributed by atoms with Gasteiger partial charge in [-0.2, -0.15) is 0 Å². The molecule has 0 aromatic carbocycles. The molecule has 1 aliphatic heterocycles. The van der Waals surface area contributed by atoms with E-state index in [1.54, 1.807) is 0 Å². The molecule has 0 bridgehead atoms. The predicted octanol–water partition coefficient (Wildman–Crippen LogP) is 3.16. The third-order valence-corrected chi connectivity index (χ3v) is 4.94. The lowest BCUT2D eigenvalue weighted by atomic mass is 10.0. The standard InChI is InChI=1S/C16H22N4S/c1-11(2)17-8-13-9-18-16(19-10-13)20-6-4-15-14(12(20)3)5-7-21-15/h5,7,9-12,17H,4,6,8H2,1-3H3. The second kappa shape index (κ2) is 6.12. The van der Waals surface area contributed by atoms with E-state index >= 15 is 0 Å². The van der Waals surface area contributed by atoms with Gasteiger partial charge >= 0.3 is 0 Å². The van der Waals surface area contributed by atoms with Gasteiger partial charge in [0, 0.05) is 42.0 Å². The minimum atomic E-state index is 0.361. The van der Waals surface area contributed by atoms with Gasteiger partial charge in [0.2, 0.25) is 5.95 Å². The number of anilines is 1. The maximum Gasteiger partial charge on any atom is 0.225 e. The zero-order valence-corrected chi connectivity index (χ0v) is 13.7. The Morgan fingerprint density at radius 1 is 1.38 bits per heavy atom. The summed E-state index contributed by atoms with van der Waals surface area (Å²) in [7, 11) is 0. The van der Waals surface area contributed by atoms with Crippen molar-refractivity contribution in [3.05, 3.63) is 39.8 Å². The van der Waals surface area contributed by atoms with Crippen LogP contribution >= 0.6 is 11.3 Å². The third-order valence-electron chi connectivity index (χ3n) is 3.94. The second-order valence-electron chi connectivity index (χ2n) is 5.85. The number of rotatable bonds is 4. The van der Waals surface area contributed by atoms with E-state index in [2.05, 4.69) is 52.4 Å². The molecule has 0 radical (unpaired) electrons. The number of aromatic nitrogens is 2. The zero-order valence-electron chi connectivity index (χ0n) is 12.8. The first kappa shape index (κ1) is 14.5. The highest BCUT2D eigenvalue weighted by Crippen LogP contribution is 2.34. The average Bonchev–Trinajstić information content (AvgIpc) is 2.96. The van der Waals surface area contributed by atoms with Gasteiger partial charge in [-0.25, -0.2) is 9.97 Å². The van der Waals surface area contributed by atoms with Gasteiger partial charge in [0.05, 0.1) is 6.04 Å². The molecule has 0 fully saturated rings. The molecule has 0 saturated heterocycles. The molecular formula is C16H22N4S. The fourth-order valence-electron chi connectivity index (χ4n) is 2.69. The minimum Gasteiger partial charge on any atom is -0.334 e. The molecule has 0 saturated carbocycles. The number of thiophene rings is 1. The van der Waals surface area contributed by atoms with E-state index in [4.69, 9.17) is 0 Å². The van der Waals surface area contributed by atoms with Gasteiger partial charge in [0.25, 0.3) is 0 Å². The van der Waals surface area contributed by atoms with Gasteiger partial charge in [-0.3, -0.25) is 0 Å². The molecule has 2 aromatic heterocycles. The first-order chi connectivity index (χ1) is 10.1. The molecule has 0 spiro atoms. The predicted molar refractivity (Wildman–Crippen MR) is 87.8 cm³/mol. The molecule has 5 heteroatoms. The van der Waals surface area contributed by atoms with Crippen molar-refractivity contribution in [3.8, 4) is 0 Å². The van der Waals surface area contributed by atoms with Crippen molar-refractivity contribution in [1.29, 1.82) is 0 Å². The van der Waals surface area contributed by atoms with Gasteiger partial charge in [-0.1, -0.05) is 13.8 Å². The Morgan fingerprint density at radius 2 is 2.14 bits per heavy atom. The van der Waals surface area contributed by atoms with E-state index in [0.29, 0.717) is 12.1 Å². The van der Waals surface area contributed by atoms with Crippen LogP contribution in [0.5, 0.6) is 0 Å². The highest BCUT2D eigenvalue weighted by molar-refractivity contribution is 7.10. The molecule has 112 valence electrons. The van der Waals surface area contributed by atoms with Crippen LogP contribution in [0.2, 0.25) is 0 Å². The molecule has 1 N–H and O–H groups in total. The van der Waals surface area contributed by atoms with Crippen LogP contribution in [0.15, 0.2) is 23.8 Å². The van der Waals surface area contributed by atoms with Crippen molar-refractivity contribution in [2.45, 2.75) is 45.8 Å². The fourth-order valence-corrected chi connectivity index (χ4v) is 3.65. The Balaban J connectivity index is 1.73. The Morgan fingerprint density at radius 3 is 2.86 bits per heavy atom. The third kappa shape index (κ3) is 3.09. The number of hydrogen-bond donors (Lipinski definition) is 1. The fraction of sp³-hybridized carbons (Fsp3) is 0.500. The van der Waals surface area contributed by atoms with Crippen molar-refractivity contribution < 1.29 is 0 Å². The maximum atomic E-state index is 4.57. The summed E-state index contributed by atoms with van der Waals surface area (Å²) < 4.78 is 0. The number of nitrogens with one attached hydrogen (secondary N) is 1. The van der Waals surface area contributed by atoms with Crippen LogP contribution in [0.1, 0.15) is 42.8 Å². The van der Waals surface area contributed by atoms with Crippen LogP contribution in [0.3, 0.4) is 0 Å². The van der Waals surface area contributed by atoms with E-state index in [9.17, 15) is 0 Å². The largest absolute Gasteiger partial charge is 0.334 e. The summed E-state index contributed by atoms with van der Waals surface area (Å²) in [6, 6.07) is 3.07. The number of fused-ring (bicyclic) bond motifs is 1. The molecule has 21 heavy (non-hydrogen) atoms. The molecule has 3 rings (SSSR count). The molecule has 1 aliphatic rings. The molecule has 3 heterocycles. The van der Waals surface area contributed by atoms with Gasteiger partial charge in [0.15, 0.2) is 0 Å². The van der Waals surface area contributed by atoms with Gasteiger partial charge in [-0.05, 0) is 30.4 Å². The maximum absolute atomic E-state index is 4.57. The molecule has 2 aromatic rings. The highest BCUT2D eigenvalue weighted by Gasteiger charge is 2.26. The summed E-state index contributed by atoms with van der Waals surface area (Å²) >= 11 is 1.86. The van der Waals surface area contributed by atoms with Gasteiger partial charge in [-0.15, -0.1) is 11.3 Å². The van der Waals surface area contributed by atoms with Crippen LogP contribution in [-0.2, 0) is 13.0 Å². The zero-order chi connectivity index (χ0) is 14.8. The summed E-state index contributed by atoms with van der Waals surface area (Å²) in [5.74, 6) is 0.840.